The fraction of sp³-hybridized carbons (Fsp3) is 0.0833. The molecule has 20 heavy (non-hydrogen) atoms. The maximum absolute atomic E-state index is 12.1. The van der Waals surface area contributed by atoms with Crippen molar-refractivity contribution in [2.75, 3.05) is 0 Å². The van der Waals surface area contributed by atoms with E-state index < -0.39 is 16.0 Å². The fourth-order valence-corrected chi connectivity index (χ4v) is 4.06. The van der Waals surface area contributed by atoms with Crippen LogP contribution in [0.5, 0.6) is 0 Å². The van der Waals surface area contributed by atoms with Crippen LogP contribution in [-0.4, -0.2) is 19.5 Å². The van der Waals surface area contributed by atoms with Crippen LogP contribution >= 0.6 is 27.3 Å². The van der Waals surface area contributed by atoms with Gasteiger partial charge in [0.15, 0.2) is 0 Å². The average molecular weight is 376 g/mol. The van der Waals surface area contributed by atoms with E-state index in [0.717, 1.165) is 15.4 Å². The summed E-state index contributed by atoms with van der Waals surface area (Å²) in [5.41, 5.74) is -0.0646. The minimum atomic E-state index is -3.74. The van der Waals surface area contributed by atoms with Crippen molar-refractivity contribution in [3.8, 4) is 0 Å². The highest BCUT2D eigenvalue weighted by Gasteiger charge is 2.16. The molecule has 0 aliphatic heterocycles. The molecule has 5 nitrogen and oxygen atoms in total. The Morgan fingerprint density at radius 3 is 2.70 bits per heavy atom. The number of rotatable bonds is 5. The van der Waals surface area contributed by atoms with Gasteiger partial charge < -0.3 is 5.11 Å². The van der Waals surface area contributed by atoms with Crippen molar-refractivity contribution in [2.24, 2.45) is 0 Å². The van der Waals surface area contributed by atoms with Crippen LogP contribution < -0.4 is 4.72 Å². The van der Waals surface area contributed by atoms with Gasteiger partial charge in [-0.3, -0.25) is 0 Å². The molecule has 0 spiro atoms. The van der Waals surface area contributed by atoms with E-state index in [1.807, 2.05) is 11.4 Å². The third-order valence-corrected chi connectivity index (χ3v) is 5.83. The molecule has 1 aromatic heterocycles. The minimum Gasteiger partial charge on any atom is -0.478 e. The van der Waals surface area contributed by atoms with Crippen LogP contribution in [0.4, 0.5) is 0 Å². The second-order valence-electron chi connectivity index (χ2n) is 3.85. The number of hydrogen-bond donors (Lipinski definition) is 2. The Morgan fingerprint density at radius 1 is 1.35 bits per heavy atom. The molecule has 0 radical (unpaired) electrons. The van der Waals surface area contributed by atoms with Crippen LogP contribution in [0.2, 0.25) is 0 Å². The number of halogens is 1. The summed E-state index contributed by atoms with van der Waals surface area (Å²) in [5.74, 6) is -1.16. The average Bonchev–Trinajstić information content (AvgIpc) is 2.82. The summed E-state index contributed by atoms with van der Waals surface area (Å²) in [6.45, 7) is 0.151. The molecule has 106 valence electrons. The zero-order chi connectivity index (χ0) is 14.8. The van der Waals surface area contributed by atoms with E-state index in [1.165, 1.54) is 29.5 Å². The molecule has 2 aromatic rings. The van der Waals surface area contributed by atoms with Crippen LogP contribution in [0.15, 0.2) is 45.1 Å². The number of benzene rings is 1. The first-order valence-electron chi connectivity index (χ1n) is 5.45. The van der Waals surface area contributed by atoms with E-state index in [-0.39, 0.29) is 17.0 Å². The molecular formula is C12H10BrNO4S2. The van der Waals surface area contributed by atoms with Gasteiger partial charge >= 0.3 is 5.97 Å². The summed E-state index contributed by atoms with van der Waals surface area (Å²) < 4.78 is 27.5. The molecule has 2 rings (SSSR count). The molecule has 1 aromatic carbocycles. The van der Waals surface area contributed by atoms with Crippen molar-refractivity contribution in [2.45, 2.75) is 11.4 Å². The van der Waals surface area contributed by atoms with Gasteiger partial charge in [0.25, 0.3) is 0 Å². The highest BCUT2D eigenvalue weighted by atomic mass is 79.9. The van der Waals surface area contributed by atoms with Gasteiger partial charge in [-0.1, -0.05) is 6.07 Å². The van der Waals surface area contributed by atoms with Gasteiger partial charge in [0.05, 0.1) is 10.5 Å². The Balaban J connectivity index is 2.20. The van der Waals surface area contributed by atoms with Crippen LogP contribution in [-0.2, 0) is 16.6 Å². The van der Waals surface area contributed by atoms with Crippen LogP contribution in [0.25, 0.3) is 0 Å². The lowest BCUT2D eigenvalue weighted by Crippen LogP contribution is -2.23. The van der Waals surface area contributed by atoms with Crippen LogP contribution in [0.3, 0.4) is 0 Å². The third-order valence-electron chi connectivity index (χ3n) is 2.51. The first kappa shape index (κ1) is 15.2. The van der Waals surface area contributed by atoms with Gasteiger partial charge in [-0.25, -0.2) is 17.9 Å². The van der Waals surface area contributed by atoms with Crippen molar-refractivity contribution >= 4 is 43.3 Å². The lowest BCUT2D eigenvalue weighted by molar-refractivity contribution is 0.0696. The normalized spacial score (nSPS) is 11.4. The third kappa shape index (κ3) is 3.45. The molecular weight excluding hydrogens is 366 g/mol. The Bertz CT molecular complexity index is 739. The Morgan fingerprint density at radius 2 is 2.10 bits per heavy atom. The first-order chi connectivity index (χ1) is 9.40. The van der Waals surface area contributed by atoms with Gasteiger partial charge in [-0.15, -0.1) is 11.3 Å². The van der Waals surface area contributed by atoms with Gasteiger partial charge in [0.1, 0.15) is 0 Å². The smallest absolute Gasteiger partial charge is 0.335 e. The van der Waals surface area contributed by atoms with Gasteiger partial charge in [0.2, 0.25) is 10.0 Å². The lowest BCUT2D eigenvalue weighted by Gasteiger charge is -2.06. The maximum atomic E-state index is 12.1. The standard InChI is InChI=1S/C12H10BrNO4S2/c13-10-4-5-19-11(10)7-14-20(17,18)9-3-1-2-8(6-9)12(15)16/h1-6,14H,7H2,(H,15,16). The van der Waals surface area contributed by atoms with Gasteiger partial charge in [0, 0.05) is 15.9 Å². The highest BCUT2D eigenvalue weighted by molar-refractivity contribution is 9.10. The number of nitrogens with one attached hydrogen (secondary N) is 1. The second-order valence-corrected chi connectivity index (χ2v) is 7.47. The Labute approximate surface area is 128 Å². The number of carboxylic acid groups (broad SMARTS) is 1. The molecule has 0 fully saturated rings. The van der Waals surface area contributed by atoms with E-state index in [2.05, 4.69) is 20.7 Å². The second kappa shape index (κ2) is 6.04. The van der Waals surface area contributed by atoms with Crippen molar-refractivity contribution in [1.29, 1.82) is 0 Å². The van der Waals surface area contributed by atoms with Crippen LogP contribution in [0, 0.1) is 0 Å². The Kier molecular flexibility index (Phi) is 4.59. The lowest BCUT2D eigenvalue weighted by atomic mass is 10.2. The molecule has 0 aliphatic rings. The molecule has 8 heteroatoms. The number of thiophene rings is 1. The molecule has 0 aliphatic carbocycles. The van der Waals surface area contributed by atoms with Crippen molar-refractivity contribution in [3.63, 3.8) is 0 Å². The zero-order valence-corrected chi connectivity index (χ0v) is 13.3. The molecule has 0 saturated heterocycles. The van der Waals surface area contributed by atoms with Gasteiger partial charge in [-0.05, 0) is 45.6 Å². The predicted octanol–water partition coefficient (Wildman–Crippen LogP) is 2.69. The number of carbonyl (C=O) groups is 1. The summed E-state index contributed by atoms with van der Waals surface area (Å²) in [4.78, 5) is 11.6. The van der Waals surface area contributed by atoms with E-state index in [9.17, 15) is 13.2 Å². The molecule has 2 N–H and O–H groups in total. The molecule has 1 heterocycles. The van der Waals surface area contributed by atoms with Crippen molar-refractivity contribution < 1.29 is 18.3 Å². The Hall–Kier alpha value is -1.22. The summed E-state index contributed by atoms with van der Waals surface area (Å²) in [5, 5.41) is 10.7. The van der Waals surface area contributed by atoms with Crippen LogP contribution in [0.1, 0.15) is 15.2 Å². The monoisotopic (exact) mass is 375 g/mol. The summed E-state index contributed by atoms with van der Waals surface area (Å²) in [6, 6.07) is 7.07. The number of sulfonamides is 1. The van der Waals surface area contributed by atoms with E-state index in [1.54, 1.807) is 0 Å². The summed E-state index contributed by atoms with van der Waals surface area (Å²) in [6.07, 6.45) is 0. The fourth-order valence-electron chi connectivity index (χ4n) is 1.49. The quantitative estimate of drug-likeness (QED) is 0.841. The largest absolute Gasteiger partial charge is 0.478 e. The molecule has 0 saturated carbocycles. The SMILES string of the molecule is O=C(O)c1cccc(S(=O)(=O)NCc2sccc2Br)c1. The molecule has 0 unspecified atom stereocenters. The maximum Gasteiger partial charge on any atom is 0.335 e. The summed E-state index contributed by atoms with van der Waals surface area (Å²) >= 11 is 4.74. The topological polar surface area (TPSA) is 83.5 Å². The predicted molar refractivity (Wildman–Crippen MR) is 79.4 cm³/mol. The van der Waals surface area contributed by atoms with Gasteiger partial charge in [-0.2, -0.15) is 0 Å². The number of carboxylic acids is 1. The summed E-state index contributed by atoms with van der Waals surface area (Å²) in [7, 11) is -3.74. The highest BCUT2D eigenvalue weighted by Crippen LogP contribution is 2.23. The van der Waals surface area contributed by atoms with E-state index in [0.29, 0.717) is 0 Å². The number of aromatic carboxylic acids is 1. The number of hydrogen-bond acceptors (Lipinski definition) is 4. The van der Waals surface area contributed by atoms with Crippen molar-refractivity contribution in [3.05, 3.63) is 50.6 Å². The molecule has 0 atom stereocenters. The van der Waals surface area contributed by atoms with E-state index >= 15 is 0 Å². The first-order valence-corrected chi connectivity index (χ1v) is 8.60. The zero-order valence-electron chi connectivity index (χ0n) is 10.0. The molecule has 0 bridgehead atoms. The minimum absolute atomic E-state index is 0.0646. The van der Waals surface area contributed by atoms with Crippen molar-refractivity contribution in [1.82, 2.24) is 4.72 Å². The molecule has 0 amide bonds. The van der Waals surface area contributed by atoms with E-state index in [4.69, 9.17) is 5.11 Å².